The predicted molar refractivity (Wildman–Crippen MR) is 114 cm³/mol. The van der Waals surface area contributed by atoms with Gasteiger partial charge in [0.15, 0.2) is 5.82 Å². The molecule has 0 aliphatic carbocycles. The summed E-state index contributed by atoms with van der Waals surface area (Å²) in [4.78, 5) is 19.9. The van der Waals surface area contributed by atoms with Crippen LogP contribution >= 0.6 is 11.3 Å². The van der Waals surface area contributed by atoms with E-state index in [4.69, 9.17) is 11.5 Å². The van der Waals surface area contributed by atoms with Gasteiger partial charge in [-0.1, -0.05) is 0 Å². The lowest BCUT2D eigenvalue weighted by Crippen LogP contribution is -2.29. The Labute approximate surface area is 167 Å². The number of aryl methyl sites for hydroxylation is 2. The SMILES string of the molecule is Cc1ccc2sc(N)c(C(=O)Nc3cnn(C)c3N3CCC[C@@H](N)CC3)c2n1. The van der Waals surface area contributed by atoms with Crippen LogP contribution in [0.4, 0.5) is 16.5 Å². The van der Waals surface area contributed by atoms with Gasteiger partial charge in [-0.3, -0.25) is 14.5 Å². The summed E-state index contributed by atoms with van der Waals surface area (Å²) >= 11 is 1.38. The molecule has 0 aromatic carbocycles. The molecule has 9 heteroatoms. The number of hydrogen-bond acceptors (Lipinski definition) is 7. The minimum Gasteiger partial charge on any atom is -0.390 e. The summed E-state index contributed by atoms with van der Waals surface area (Å²) in [5.74, 6) is 0.632. The Morgan fingerprint density at radius 3 is 2.96 bits per heavy atom. The first-order valence-electron chi connectivity index (χ1n) is 9.43. The molecule has 28 heavy (non-hydrogen) atoms. The molecule has 4 heterocycles. The van der Waals surface area contributed by atoms with Gasteiger partial charge in [0.25, 0.3) is 5.91 Å². The van der Waals surface area contributed by atoms with Crippen LogP contribution in [-0.4, -0.2) is 39.8 Å². The molecule has 0 bridgehead atoms. The molecule has 1 aliphatic heterocycles. The Morgan fingerprint density at radius 1 is 1.32 bits per heavy atom. The topological polar surface area (TPSA) is 115 Å². The van der Waals surface area contributed by atoms with Crippen LogP contribution in [0.5, 0.6) is 0 Å². The average Bonchev–Trinajstić information content (AvgIpc) is 3.07. The molecule has 1 atom stereocenters. The van der Waals surface area contributed by atoms with Crippen LogP contribution in [0.1, 0.15) is 35.3 Å². The van der Waals surface area contributed by atoms with E-state index in [9.17, 15) is 4.79 Å². The minimum absolute atomic E-state index is 0.225. The van der Waals surface area contributed by atoms with Gasteiger partial charge in [-0.25, -0.2) is 0 Å². The Kier molecular flexibility index (Phi) is 4.94. The smallest absolute Gasteiger partial charge is 0.261 e. The maximum Gasteiger partial charge on any atom is 0.261 e. The number of rotatable bonds is 3. The van der Waals surface area contributed by atoms with E-state index in [0.717, 1.165) is 48.6 Å². The van der Waals surface area contributed by atoms with Crippen molar-refractivity contribution in [2.24, 2.45) is 12.8 Å². The van der Waals surface area contributed by atoms with Crippen molar-refractivity contribution in [2.75, 3.05) is 29.0 Å². The summed E-state index contributed by atoms with van der Waals surface area (Å²) in [7, 11) is 1.88. The second kappa shape index (κ2) is 7.40. The lowest BCUT2D eigenvalue weighted by molar-refractivity contribution is 0.102. The van der Waals surface area contributed by atoms with Crippen molar-refractivity contribution in [3.63, 3.8) is 0 Å². The molecule has 5 N–H and O–H groups in total. The van der Waals surface area contributed by atoms with Crippen molar-refractivity contribution in [1.29, 1.82) is 0 Å². The average molecular weight is 400 g/mol. The number of amides is 1. The monoisotopic (exact) mass is 399 g/mol. The third kappa shape index (κ3) is 3.43. The minimum atomic E-state index is -0.261. The summed E-state index contributed by atoms with van der Waals surface area (Å²) in [6.07, 6.45) is 4.63. The van der Waals surface area contributed by atoms with Crippen LogP contribution < -0.4 is 21.7 Å². The zero-order chi connectivity index (χ0) is 19.8. The highest BCUT2D eigenvalue weighted by molar-refractivity contribution is 7.23. The summed E-state index contributed by atoms with van der Waals surface area (Å²) in [6.45, 7) is 3.63. The molecule has 1 amide bonds. The van der Waals surface area contributed by atoms with Gasteiger partial charge in [0.2, 0.25) is 0 Å². The molecule has 0 spiro atoms. The second-order valence-electron chi connectivity index (χ2n) is 7.28. The van der Waals surface area contributed by atoms with Gasteiger partial charge in [0.1, 0.15) is 16.3 Å². The number of carbonyl (C=O) groups is 1. The number of anilines is 3. The fourth-order valence-corrected chi connectivity index (χ4v) is 4.63. The fourth-order valence-electron chi connectivity index (χ4n) is 3.72. The highest BCUT2D eigenvalue weighted by Gasteiger charge is 2.24. The standard InChI is InChI=1S/C19H25N7OS/c1-11-5-6-14-16(23-11)15(17(21)28-14)18(27)24-13-10-22-25(2)19(13)26-8-3-4-12(20)7-9-26/h5-6,10,12H,3-4,7-9,20-21H2,1-2H3,(H,24,27)/t12-/m1/s1. The van der Waals surface area contributed by atoms with E-state index < -0.39 is 0 Å². The Balaban J connectivity index is 1.65. The molecular formula is C19H25N7OS. The van der Waals surface area contributed by atoms with E-state index in [2.05, 4.69) is 20.3 Å². The van der Waals surface area contributed by atoms with E-state index in [-0.39, 0.29) is 11.9 Å². The largest absolute Gasteiger partial charge is 0.390 e. The van der Waals surface area contributed by atoms with Crippen LogP contribution in [0.25, 0.3) is 10.2 Å². The van der Waals surface area contributed by atoms with Crippen LogP contribution in [-0.2, 0) is 7.05 Å². The van der Waals surface area contributed by atoms with Gasteiger partial charge in [-0.2, -0.15) is 5.10 Å². The van der Waals surface area contributed by atoms with Gasteiger partial charge in [-0.05, 0) is 38.3 Å². The van der Waals surface area contributed by atoms with Gasteiger partial charge in [-0.15, -0.1) is 11.3 Å². The van der Waals surface area contributed by atoms with E-state index in [0.29, 0.717) is 21.8 Å². The van der Waals surface area contributed by atoms with Gasteiger partial charge in [0.05, 0.1) is 16.4 Å². The lowest BCUT2D eigenvalue weighted by atomic mass is 10.1. The highest BCUT2D eigenvalue weighted by atomic mass is 32.1. The summed E-state index contributed by atoms with van der Waals surface area (Å²) in [5.41, 5.74) is 14.9. The number of aromatic nitrogens is 3. The molecule has 1 saturated heterocycles. The van der Waals surface area contributed by atoms with E-state index >= 15 is 0 Å². The maximum atomic E-state index is 13.1. The third-order valence-corrected chi connectivity index (χ3v) is 6.13. The van der Waals surface area contributed by atoms with Crippen LogP contribution in [0.15, 0.2) is 18.3 Å². The zero-order valence-electron chi connectivity index (χ0n) is 16.1. The molecule has 8 nitrogen and oxygen atoms in total. The van der Waals surface area contributed by atoms with Gasteiger partial charge < -0.3 is 21.7 Å². The van der Waals surface area contributed by atoms with E-state index in [1.165, 1.54) is 11.3 Å². The summed E-state index contributed by atoms with van der Waals surface area (Å²) < 4.78 is 2.70. The maximum absolute atomic E-state index is 13.1. The third-order valence-electron chi connectivity index (χ3n) is 5.16. The molecule has 0 radical (unpaired) electrons. The van der Waals surface area contributed by atoms with Gasteiger partial charge >= 0.3 is 0 Å². The first kappa shape index (κ1) is 18.7. The molecule has 0 unspecified atom stereocenters. The summed E-state index contributed by atoms with van der Waals surface area (Å²) in [6, 6.07) is 4.09. The van der Waals surface area contributed by atoms with Gasteiger partial charge in [0, 0.05) is 31.9 Å². The predicted octanol–water partition coefficient (Wildman–Crippen LogP) is 2.49. The highest BCUT2D eigenvalue weighted by Crippen LogP contribution is 2.34. The molecule has 0 saturated carbocycles. The number of nitrogens with one attached hydrogen (secondary N) is 1. The molecular weight excluding hydrogens is 374 g/mol. The van der Waals surface area contributed by atoms with Crippen molar-refractivity contribution in [3.05, 3.63) is 29.6 Å². The van der Waals surface area contributed by atoms with E-state index in [1.54, 1.807) is 10.9 Å². The van der Waals surface area contributed by atoms with E-state index in [1.807, 2.05) is 26.1 Å². The molecule has 4 rings (SSSR count). The number of pyridine rings is 1. The second-order valence-corrected chi connectivity index (χ2v) is 8.36. The zero-order valence-corrected chi connectivity index (χ0v) is 16.9. The van der Waals surface area contributed by atoms with Crippen molar-refractivity contribution < 1.29 is 4.79 Å². The molecule has 3 aromatic rings. The van der Waals surface area contributed by atoms with Crippen LogP contribution in [0.3, 0.4) is 0 Å². The fraction of sp³-hybridized carbons (Fsp3) is 0.421. The Morgan fingerprint density at radius 2 is 2.14 bits per heavy atom. The number of thiophene rings is 1. The quantitative estimate of drug-likeness (QED) is 0.623. The molecule has 1 fully saturated rings. The van der Waals surface area contributed by atoms with Crippen molar-refractivity contribution in [3.8, 4) is 0 Å². The number of nitrogens with two attached hydrogens (primary N) is 2. The summed E-state index contributed by atoms with van der Waals surface area (Å²) in [5, 5.41) is 7.84. The van der Waals surface area contributed by atoms with Crippen LogP contribution in [0, 0.1) is 6.92 Å². The number of carbonyl (C=O) groups excluding carboxylic acids is 1. The van der Waals surface area contributed by atoms with Crippen molar-refractivity contribution >= 4 is 44.0 Å². The van der Waals surface area contributed by atoms with Crippen LogP contribution in [0.2, 0.25) is 0 Å². The Hall–Kier alpha value is -2.65. The van der Waals surface area contributed by atoms with Crippen molar-refractivity contribution in [1.82, 2.24) is 14.8 Å². The number of nitrogens with zero attached hydrogens (tertiary/aromatic N) is 4. The first-order chi connectivity index (χ1) is 13.4. The normalized spacial score (nSPS) is 17.7. The number of fused-ring (bicyclic) bond motifs is 1. The number of nitrogen functional groups attached to an aromatic ring is 1. The molecule has 3 aromatic heterocycles. The first-order valence-corrected chi connectivity index (χ1v) is 10.2. The van der Waals surface area contributed by atoms with Crippen molar-refractivity contribution in [2.45, 2.75) is 32.2 Å². The molecule has 1 aliphatic rings. The molecule has 148 valence electrons. The Bertz CT molecular complexity index is 1020. The lowest BCUT2D eigenvalue weighted by Gasteiger charge is -2.24. The number of hydrogen-bond donors (Lipinski definition) is 3.